The highest BCUT2D eigenvalue weighted by Gasteiger charge is 2.28. The number of morpholine rings is 1. The molecule has 1 N–H and O–H groups in total. The first kappa shape index (κ1) is 25.3. The molecule has 0 radical (unpaired) electrons. The lowest BCUT2D eigenvalue weighted by molar-refractivity contribution is -0.122. The number of hydrogen-bond acceptors (Lipinski definition) is 4. The molecule has 188 valence electrons. The fourth-order valence-corrected chi connectivity index (χ4v) is 4.90. The minimum absolute atomic E-state index is 0.00150. The summed E-state index contributed by atoms with van der Waals surface area (Å²) >= 11 is 0. The Morgan fingerprint density at radius 1 is 1.03 bits per heavy atom. The minimum atomic E-state index is -0.304. The number of rotatable bonds is 10. The van der Waals surface area contributed by atoms with Crippen LogP contribution in [-0.4, -0.2) is 56.1 Å². The van der Waals surface area contributed by atoms with Crippen molar-refractivity contribution in [2.24, 2.45) is 5.92 Å². The van der Waals surface area contributed by atoms with Crippen LogP contribution in [0.3, 0.4) is 0 Å². The number of benzene rings is 2. The monoisotopic (exact) mass is 481 g/mol. The number of amides is 2. The Hall–Kier alpha value is -2.77. The molecule has 4 rings (SSSR count). The Labute approximate surface area is 207 Å². The Kier molecular flexibility index (Phi) is 9.26. The highest BCUT2D eigenvalue weighted by atomic mass is 19.1. The van der Waals surface area contributed by atoms with E-state index in [1.54, 1.807) is 11.0 Å². The number of carbonyl (C=O) groups excluding carboxylic acids is 2. The fourth-order valence-electron chi connectivity index (χ4n) is 4.90. The second-order valence-electron chi connectivity index (χ2n) is 9.54. The molecule has 6 nitrogen and oxygen atoms in total. The van der Waals surface area contributed by atoms with Gasteiger partial charge in [-0.3, -0.25) is 14.5 Å². The third kappa shape index (κ3) is 7.61. The van der Waals surface area contributed by atoms with Gasteiger partial charge < -0.3 is 15.0 Å². The van der Waals surface area contributed by atoms with Gasteiger partial charge in [0.25, 0.3) is 0 Å². The predicted octanol–water partition coefficient (Wildman–Crippen LogP) is 3.93. The van der Waals surface area contributed by atoms with Gasteiger partial charge in [0.2, 0.25) is 11.8 Å². The lowest BCUT2D eigenvalue weighted by Gasteiger charge is -2.26. The number of ether oxygens (including phenoxy) is 1. The molecule has 0 spiro atoms. The summed E-state index contributed by atoms with van der Waals surface area (Å²) in [6.07, 6.45) is 5.18. The second-order valence-corrected chi connectivity index (χ2v) is 9.54. The van der Waals surface area contributed by atoms with E-state index < -0.39 is 0 Å². The summed E-state index contributed by atoms with van der Waals surface area (Å²) < 4.78 is 19.1. The smallest absolute Gasteiger partial charge is 0.230 e. The first-order valence-electron chi connectivity index (χ1n) is 12.8. The summed E-state index contributed by atoms with van der Waals surface area (Å²) in [5, 5.41) is 3.00. The summed E-state index contributed by atoms with van der Waals surface area (Å²) in [5.74, 6) is -0.190. The fraction of sp³-hybridized carbons (Fsp3) is 0.500. The summed E-state index contributed by atoms with van der Waals surface area (Å²) in [4.78, 5) is 29.8. The second kappa shape index (κ2) is 12.8. The van der Waals surface area contributed by atoms with E-state index in [0.717, 1.165) is 81.8 Å². The average molecular weight is 482 g/mol. The molecule has 1 aliphatic heterocycles. The Morgan fingerprint density at radius 3 is 2.49 bits per heavy atom. The van der Waals surface area contributed by atoms with Gasteiger partial charge in [0, 0.05) is 31.2 Å². The number of nitrogens with zero attached hydrogens (tertiary/aromatic N) is 2. The van der Waals surface area contributed by atoms with Crippen molar-refractivity contribution in [3.8, 4) is 0 Å². The maximum Gasteiger partial charge on any atom is 0.230 e. The molecular weight excluding hydrogens is 445 g/mol. The number of carbonyl (C=O) groups is 2. The van der Waals surface area contributed by atoms with Gasteiger partial charge in [-0.05, 0) is 61.2 Å². The molecular formula is C28H36FN3O3. The van der Waals surface area contributed by atoms with E-state index >= 15 is 0 Å². The van der Waals surface area contributed by atoms with Gasteiger partial charge in [0.15, 0.2) is 0 Å². The van der Waals surface area contributed by atoms with E-state index in [1.807, 2.05) is 30.3 Å². The summed E-state index contributed by atoms with van der Waals surface area (Å²) in [6, 6.07) is 14.0. The van der Waals surface area contributed by atoms with Crippen LogP contribution in [0, 0.1) is 11.7 Å². The van der Waals surface area contributed by atoms with Crippen LogP contribution in [0.1, 0.15) is 43.2 Å². The number of halogens is 1. The Bertz CT molecular complexity index is 970. The van der Waals surface area contributed by atoms with Crippen molar-refractivity contribution in [3.63, 3.8) is 0 Å². The molecule has 1 saturated carbocycles. The number of anilines is 1. The predicted molar refractivity (Wildman–Crippen MR) is 135 cm³/mol. The maximum absolute atomic E-state index is 13.8. The van der Waals surface area contributed by atoms with Crippen molar-refractivity contribution < 1.29 is 18.7 Å². The lowest BCUT2D eigenvalue weighted by atomic mass is 10.0. The van der Waals surface area contributed by atoms with Gasteiger partial charge in [0.05, 0.1) is 26.2 Å². The van der Waals surface area contributed by atoms with Gasteiger partial charge in [-0.1, -0.05) is 37.1 Å². The standard InChI is InChI=1S/C28H36FN3O3/c29-25-8-3-5-23(19-25)21-32(28(34)24-6-1-2-7-24)26-11-9-22(10-12-26)20-27(33)30-13-4-14-31-15-17-35-18-16-31/h3,5,8-12,19,24H,1-2,4,6-7,13-18,20-21H2,(H,30,33). The topological polar surface area (TPSA) is 61.9 Å². The van der Waals surface area contributed by atoms with Crippen LogP contribution in [0.2, 0.25) is 0 Å². The number of nitrogens with one attached hydrogen (secondary N) is 1. The highest BCUT2D eigenvalue weighted by molar-refractivity contribution is 5.95. The quantitative estimate of drug-likeness (QED) is 0.523. The van der Waals surface area contributed by atoms with Crippen LogP contribution in [0.15, 0.2) is 48.5 Å². The SMILES string of the molecule is O=C(Cc1ccc(N(Cc2cccc(F)c2)C(=O)C2CCCC2)cc1)NCCCN1CCOCC1. The average Bonchev–Trinajstić information content (AvgIpc) is 3.41. The first-order valence-corrected chi connectivity index (χ1v) is 12.8. The largest absolute Gasteiger partial charge is 0.379 e. The zero-order valence-electron chi connectivity index (χ0n) is 20.4. The van der Waals surface area contributed by atoms with E-state index in [1.165, 1.54) is 12.1 Å². The van der Waals surface area contributed by atoms with Crippen LogP contribution >= 0.6 is 0 Å². The summed E-state index contributed by atoms with van der Waals surface area (Å²) in [6.45, 7) is 5.44. The molecule has 0 atom stereocenters. The molecule has 0 bridgehead atoms. The van der Waals surface area contributed by atoms with Crippen LogP contribution < -0.4 is 10.2 Å². The van der Waals surface area contributed by atoms with Crippen molar-refractivity contribution in [2.45, 2.75) is 45.1 Å². The summed E-state index contributed by atoms with van der Waals surface area (Å²) in [7, 11) is 0. The van der Waals surface area contributed by atoms with Crippen molar-refractivity contribution in [3.05, 3.63) is 65.5 Å². The Balaban J connectivity index is 1.32. The summed E-state index contributed by atoms with van der Waals surface area (Å²) in [5.41, 5.74) is 2.44. The Morgan fingerprint density at radius 2 is 1.77 bits per heavy atom. The number of hydrogen-bond donors (Lipinski definition) is 1. The molecule has 2 aromatic rings. The molecule has 1 heterocycles. The molecule has 1 aliphatic carbocycles. The maximum atomic E-state index is 13.8. The van der Waals surface area contributed by atoms with Gasteiger partial charge in [0.1, 0.15) is 5.82 Å². The van der Waals surface area contributed by atoms with Crippen molar-refractivity contribution in [1.82, 2.24) is 10.2 Å². The van der Waals surface area contributed by atoms with Crippen LogP contribution in [0.4, 0.5) is 10.1 Å². The molecule has 0 aromatic heterocycles. The molecule has 2 fully saturated rings. The molecule has 2 amide bonds. The molecule has 35 heavy (non-hydrogen) atoms. The molecule has 1 saturated heterocycles. The van der Waals surface area contributed by atoms with E-state index in [4.69, 9.17) is 4.74 Å². The minimum Gasteiger partial charge on any atom is -0.379 e. The van der Waals surface area contributed by atoms with E-state index in [9.17, 15) is 14.0 Å². The van der Waals surface area contributed by atoms with E-state index in [2.05, 4.69) is 10.2 Å². The third-order valence-electron chi connectivity index (χ3n) is 6.89. The van der Waals surface area contributed by atoms with Crippen LogP contribution in [0.5, 0.6) is 0 Å². The molecule has 2 aliphatic rings. The van der Waals surface area contributed by atoms with Crippen LogP contribution in [0.25, 0.3) is 0 Å². The highest BCUT2D eigenvalue weighted by Crippen LogP contribution is 2.30. The third-order valence-corrected chi connectivity index (χ3v) is 6.89. The molecule has 0 unspecified atom stereocenters. The molecule has 2 aromatic carbocycles. The van der Waals surface area contributed by atoms with Crippen molar-refractivity contribution in [2.75, 3.05) is 44.3 Å². The molecule has 7 heteroatoms. The zero-order chi connectivity index (χ0) is 24.5. The van der Waals surface area contributed by atoms with Gasteiger partial charge in [-0.2, -0.15) is 0 Å². The van der Waals surface area contributed by atoms with Gasteiger partial charge in [-0.15, -0.1) is 0 Å². The van der Waals surface area contributed by atoms with Gasteiger partial charge in [-0.25, -0.2) is 4.39 Å². The van der Waals surface area contributed by atoms with Crippen molar-refractivity contribution >= 4 is 17.5 Å². The van der Waals surface area contributed by atoms with E-state index in [0.29, 0.717) is 19.5 Å². The lowest BCUT2D eigenvalue weighted by Crippen LogP contribution is -2.38. The zero-order valence-corrected chi connectivity index (χ0v) is 20.4. The van der Waals surface area contributed by atoms with Crippen LogP contribution in [-0.2, 0) is 27.3 Å². The van der Waals surface area contributed by atoms with Gasteiger partial charge >= 0.3 is 0 Å². The normalized spacial score (nSPS) is 16.8. The van der Waals surface area contributed by atoms with Crippen molar-refractivity contribution in [1.29, 1.82) is 0 Å². The van der Waals surface area contributed by atoms with E-state index in [-0.39, 0.29) is 23.5 Å². The first-order chi connectivity index (χ1) is 17.1.